The third-order valence-electron chi connectivity index (χ3n) is 3.51. The molecule has 0 aliphatic heterocycles. The van der Waals surface area contributed by atoms with Crippen LogP contribution in [0.4, 0.5) is 0 Å². The highest BCUT2D eigenvalue weighted by molar-refractivity contribution is 7.85. The maximum absolute atomic E-state index is 12.2. The number of rotatable bonds is 6. The summed E-state index contributed by atoms with van der Waals surface area (Å²) in [6.45, 7) is 2.62. The molecule has 2 aromatic carbocycles. The van der Waals surface area contributed by atoms with Gasteiger partial charge >= 0.3 is 0 Å². The van der Waals surface area contributed by atoms with E-state index in [0.29, 0.717) is 23.3 Å². The number of halogens is 1. The van der Waals surface area contributed by atoms with E-state index in [1.165, 1.54) is 0 Å². The summed E-state index contributed by atoms with van der Waals surface area (Å²) in [5, 5.41) is 7.21. The van der Waals surface area contributed by atoms with Crippen LogP contribution in [0.5, 0.6) is 0 Å². The maximum Gasteiger partial charge on any atom is 0.191 e. The van der Waals surface area contributed by atoms with Crippen LogP contribution in [0, 0.1) is 0 Å². The van der Waals surface area contributed by atoms with E-state index in [1.807, 2.05) is 61.5 Å². The molecule has 128 valence electrons. The number of aliphatic imine (C=N–C) groups is 1. The SMILES string of the molecule is CN=C(NCCS(=O)c1ccccc1)NC(C)c1cccc(Cl)c1. The van der Waals surface area contributed by atoms with Crippen LogP contribution in [0.3, 0.4) is 0 Å². The minimum atomic E-state index is -1.02. The predicted molar refractivity (Wildman–Crippen MR) is 102 cm³/mol. The summed E-state index contributed by atoms with van der Waals surface area (Å²) in [5.74, 6) is 1.20. The fraction of sp³-hybridized carbons (Fsp3) is 0.278. The molecule has 4 nitrogen and oxygen atoms in total. The lowest BCUT2D eigenvalue weighted by atomic mass is 10.1. The molecule has 6 heteroatoms. The van der Waals surface area contributed by atoms with Crippen molar-refractivity contribution in [1.29, 1.82) is 0 Å². The normalized spacial score (nSPS) is 14.0. The zero-order valence-electron chi connectivity index (χ0n) is 13.8. The monoisotopic (exact) mass is 363 g/mol. The van der Waals surface area contributed by atoms with Crippen molar-refractivity contribution in [2.75, 3.05) is 19.3 Å². The van der Waals surface area contributed by atoms with E-state index < -0.39 is 10.8 Å². The Labute approximate surface area is 150 Å². The molecule has 0 aromatic heterocycles. The molecule has 24 heavy (non-hydrogen) atoms. The van der Waals surface area contributed by atoms with Crippen LogP contribution in [0.25, 0.3) is 0 Å². The average Bonchev–Trinajstić information content (AvgIpc) is 2.61. The standard InChI is InChI=1S/C18H22ClN3OS/c1-14(15-7-6-8-16(19)13-15)22-18(20-2)21-11-12-24(23)17-9-4-3-5-10-17/h3-10,13-14H,11-12H2,1-2H3,(H2,20,21,22). The number of nitrogens with one attached hydrogen (secondary N) is 2. The van der Waals surface area contributed by atoms with E-state index in [9.17, 15) is 4.21 Å². The number of benzene rings is 2. The van der Waals surface area contributed by atoms with E-state index in [1.54, 1.807) is 7.05 Å². The molecule has 0 aliphatic carbocycles. The molecular formula is C18H22ClN3OS. The lowest BCUT2D eigenvalue weighted by molar-refractivity contribution is 0.677. The van der Waals surface area contributed by atoms with E-state index in [-0.39, 0.29) is 6.04 Å². The van der Waals surface area contributed by atoms with Crippen molar-refractivity contribution in [2.45, 2.75) is 17.9 Å². The van der Waals surface area contributed by atoms with E-state index in [2.05, 4.69) is 15.6 Å². The van der Waals surface area contributed by atoms with Crippen molar-refractivity contribution >= 4 is 28.4 Å². The summed E-state index contributed by atoms with van der Waals surface area (Å²) >= 11 is 6.03. The van der Waals surface area contributed by atoms with Gasteiger partial charge in [0.2, 0.25) is 0 Å². The third kappa shape index (κ3) is 5.65. The van der Waals surface area contributed by atoms with Gasteiger partial charge in [-0.1, -0.05) is 41.9 Å². The van der Waals surface area contributed by atoms with Crippen molar-refractivity contribution in [3.63, 3.8) is 0 Å². The third-order valence-corrected chi connectivity index (χ3v) is 5.12. The fourth-order valence-corrected chi connectivity index (χ4v) is 3.39. The van der Waals surface area contributed by atoms with Gasteiger partial charge in [-0.15, -0.1) is 0 Å². The number of hydrogen-bond donors (Lipinski definition) is 2. The topological polar surface area (TPSA) is 53.5 Å². The first kappa shape index (κ1) is 18.5. The van der Waals surface area contributed by atoms with Gasteiger partial charge in [-0.25, -0.2) is 0 Å². The zero-order valence-corrected chi connectivity index (χ0v) is 15.4. The Bertz CT molecular complexity index is 706. The highest BCUT2D eigenvalue weighted by atomic mass is 35.5. The smallest absolute Gasteiger partial charge is 0.191 e. The summed E-state index contributed by atoms with van der Waals surface area (Å²) in [6, 6.07) is 17.3. The first-order chi connectivity index (χ1) is 11.6. The van der Waals surface area contributed by atoms with E-state index in [4.69, 9.17) is 11.6 Å². The van der Waals surface area contributed by atoms with Gasteiger partial charge in [0.15, 0.2) is 5.96 Å². The minimum absolute atomic E-state index is 0.0644. The summed E-state index contributed by atoms with van der Waals surface area (Å²) in [4.78, 5) is 5.05. The quantitative estimate of drug-likeness (QED) is 0.611. The van der Waals surface area contributed by atoms with Gasteiger partial charge < -0.3 is 10.6 Å². The number of nitrogens with zero attached hydrogens (tertiary/aromatic N) is 1. The molecule has 2 unspecified atom stereocenters. The average molecular weight is 364 g/mol. The summed E-state index contributed by atoms with van der Waals surface area (Å²) < 4.78 is 12.2. The van der Waals surface area contributed by atoms with Gasteiger partial charge in [0.25, 0.3) is 0 Å². The highest BCUT2D eigenvalue weighted by Crippen LogP contribution is 2.17. The lowest BCUT2D eigenvalue weighted by Crippen LogP contribution is -2.40. The molecule has 0 aliphatic rings. The first-order valence-corrected chi connectivity index (χ1v) is 9.46. The van der Waals surface area contributed by atoms with Gasteiger partial charge in [-0.2, -0.15) is 0 Å². The van der Waals surface area contributed by atoms with Gasteiger partial charge in [0.05, 0.1) is 16.8 Å². The van der Waals surface area contributed by atoms with Crippen LogP contribution >= 0.6 is 11.6 Å². The maximum atomic E-state index is 12.2. The molecule has 0 bridgehead atoms. The molecule has 2 atom stereocenters. The largest absolute Gasteiger partial charge is 0.355 e. The summed E-state index contributed by atoms with van der Waals surface area (Å²) in [5.41, 5.74) is 1.08. The predicted octanol–water partition coefficient (Wildman–Crippen LogP) is 3.37. The van der Waals surface area contributed by atoms with Crippen LogP contribution in [0.1, 0.15) is 18.5 Å². The van der Waals surface area contributed by atoms with Gasteiger partial charge in [-0.3, -0.25) is 9.20 Å². The molecule has 0 spiro atoms. The molecule has 0 radical (unpaired) electrons. The van der Waals surface area contributed by atoms with Gasteiger partial charge in [0, 0.05) is 29.3 Å². The number of guanidine groups is 1. The second-order valence-electron chi connectivity index (χ2n) is 5.28. The molecule has 2 rings (SSSR count). The second-order valence-corrected chi connectivity index (χ2v) is 7.29. The fourth-order valence-electron chi connectivity index (χ4n) is 2.21. The summed E-state index contributed by atoms with van der Waals surface area (Å²) in [7, 11) is 0.700. The number of hydrogen-bond acceptors (Lipinski definition) is 2. The van der Waals surface area contributed by atoms with Crippen LogP contribution in [0.2, 0.25) is 5.02 Å². The Kier molecular flexibility index (Phi) is 7.28. The van der Waals surface area contributed by atoms with Gasteiger partial charge in [-0.05, 0) is 36.8 Å². The van der Waals surface area contributed by atoms with Crippen molar-refractivity contribution in [1.82, 2.24) is 10.6 Å². The molecule has 0 heterocycles. The molecule has 0 saturated heterocycles. The Morgan fingerprint density at radius 1 is 1.21 bits per heavy atom. The molecular weight excluding hydrogens is 342 g/mol. The van der Waals surface area contributed by atoms with Gasteiger partial charge in [0.1, 0.15) is 0 Å². The van der Waals surface area contributed by atoms with Crippen LogP contribution in [-0.4, -0.2) is 29.5 Å². The molecule has 0 fully saturated rings. The Balaban J connectivity index is 1.83. The molecule has 2 N–H and O–H groups in total. The van der Waals surface area contributed by atoms with Crippen molar-refractivity contribution in [3.8, 4) is 0 Å². The van der Waals surface area contributed by atoms with E-state index >= 15 is 0 Å². The second kappa shape index (κ2) is 9.45. The molecule has 0 saturated carbocycles. The first-order valence-electron chi connectivity index (χ1n) is 7.76. The van der Waals surface area contributed by atoms with Crippen molar-refractivity contribution in [2.24, 2.45) is 4.99 Å². The Hall–Kier alpha value is -1.85. The minimum Gasteiger partial charge on any atom is -0.355 e. The van der Waals surface area contributed by atoms with E-state index in [0.717, 1.165) is 10.5 Å². The molecule has 2 aromatic rings. The van der Waals surface area contributed by atoms with Crippen molar-refractivity contribution in [3.05, 3.63) is 65.2 Å². The summed E-state index contributed by atoms with van der Waals surface area (Å²) in [6.07, 6.45) is 0. The van der Waals surface area contributed by atoms with Crippen molar-refractivity contribution < 1.29 is 4.21 Å². The Morgan fingerprint density at radius 2 is 1.96 bits per heavy atom. The Morgan fingerprint density at radius 3 is 2.62 bits per heavy atom. The highest BCUT2D eigenvalue weighted by Gasteiger charge is 2.09. The zero-order chi connectivity index (χ0) is 17.4. The van der Waals surface area contributed by atoms with Crippen LogP contribution in [-0.2, 0) is 10.8 Å². The van der Waals surface area contributed by atoms with Crippen LogP contribution in [0.15, 0.2) is 64.5 Å². The lowest BCUT2D eigenvalue weighted by Gasteiger charge is -2.18. The van der Waals surface area contributed by atoms with Crippen LogP contribution < -0.4 is 10.6 Å². The molecule has 0 amide bonds.